The molecule has 0 unspecified atom stereocenters. The lowest BCUT2D eigenvalue weighted by molar-refractivity contribution is -0.130. The van der Waals surface area contributed by atoms with E-state index in [2.05, 4.69) is 10.6 Å². The number of ketones is 1. The summed E-state index contributed by atoms with van der Waals surface area (Å²) >= 11 is 0. The summed E-state index contributed by atoms with van der Waals surface area (Å²) in [6.07, 6.45) is -0.311. The van der Waals surface area contributed by atoms with Crippen molar-refractivity contribution in [3.63, 3.8) is 0 Å². The molecule has 0 radical (unpaired) electrons. The quantitative estimate of drug-likeness (QED) is 0.408. The fraction of sp³-hybridized carbons (Fsp3) is 0.222. The molecule has 2 atom stereocenters. The molecule has 0 aromatic heterocycles. The Morgan fingerprint density at radius 2 is 1.15 bits per heavy atom. The van der Waals surface area contributed by atoms with Crippen molar-refractivity contribution in [2.45, 2.75) is 31.5 Å². The minimum atomic E-state index is -0.976. The average Bonchev–Trinajstić information content (AvgIpc) is 2.88. The maximum absolute atomic E-state index is 13.2. The number of hydrogen-bond acceptors (Lipinski definition) is 5. The molecular formula is C27H28N2O5. The summed E-state index contributed by atoms with van der Waals surface area (Å²) in [5, 5.41) is 14.7. The van der Waals surface area contributed by atoms with Gasteiger partial charge in [-0.3, -0.25) is 9.59 Å². The molecule has 3 N–H and O–H groups in total. The maximum Gasteiger partial charge on any atom is 0.408 e. The molecule has 0 saturated heterocycles. The van der Waals surface area contributed by atoms with E-state index in [1.165, 1.54) is 0 Å². The molecular weight excluding hydrogens is 432 g/mol. The van der Waals surface area contributed by atoms with Gasteiger partial charge in [-0.15, -0.1) is 0 Å². The van der Waals surface area contributed by atoms with Crippen LogP contribution in [0, 0.1) is 0 Å². The zero-order valence-electron chi connectivity index (χ0n) is 18.7. The highest BCUT2D eigenvalue weighted by atomic mass is 16.5. The molecule has 0 spiro atoms. The minimum absolute atomic E-state index is 0.0615. The number of aliphatic hydroxyl groups is 1. The van der Waals surface area contributed by atoms with Gasteiger partial charge in [0.25, 0.3) is 0 Å². The van der Waals surface area contributed by atoms with Crippen LogP contribution in [-0.2, 0) is 33.8 Å². The highest BCUT2D eigenvalue weighted by molar-refractivity contribution is 5.93. The first-order valence-corrected chi connectivity index (χ1v) is 11.0. The van der Waals surface area contributed by atoms with E-state index in [0.29, 0.717) is 0 Å². The van der Waals surface area contributed by atoms with Crippen LogP contribution in [-0.4, -0.2) is 41.6 Å². The van der Waals surface area contributed by atoms with Crippen molar-refractivity contribution < 1.29 is 24.2 Å². The SMILES string of the molecule is O=C(N[C@@H](Cc1ccccc1)C(=O)N[C@@H](Cc1ccccc1)C(=O)CO)OCc1ccccc1. The Kier molecular flexibility index (Phi) is 9.37. The summed E-state index contributed by atoms with van der Waals surface area (Å²) in [6.45, 7) is -0.639. The molecule has 3 aromatic carbocycles. The first kappa shape index (κ1) is 24.7. The van der Waals surface area contributed by atoms with E-state index in [4.69, 9.17) is 4.74 Å². The third-order valence-electron chi connectivity index (χ3n) is 5.25. The third-order valence-corrected chi connectivity index (χ3v) is 5.25. The summed E-state index contributed by atoms with van der Waals surface area (Å²) < 4.78 is 5.28. The van der Waals surface area contributed by atoms with E-state index in [1.807, 2.05) is 91.0 Å². The van der Waals surface area contributed by atoms with Crippen LogP contribution >= 0.6 is 0 Å². The van der Waals surface area contributed by atoms with Gasteiger partial charge in [-0.25, -0.2) is 4.79 Å². The van der Waals surface area contributed by atoms with Crippen molar-refractivity contribution in [1.29, 1.82) is 0 Å². The van der Waals surface area contributed by atoms with Crippen LogP contribution in [0.5, 0.6) is 0 Å². The second kappa shape index (κ2) is 12.9. The Morgan fingerprint density at radius 3 is 1.65 bits per heavy atom. The van der Waals surface area contributed by atoms with E-state index in [-0.39, 0.29) is 19.4 Å². The van der Waals surface area contributed by atoms with Crippen molar-refractivity contribution >= 4 is 17.8 Å². The number of Topliss-reactive ketones (excluding diaryl/α,β-unsaturated/α-hetero) is 1. The zero-order chi connectivity index (χ0) is 24.2. The predicted octanol–water partition coefficient (Wildman–Crippen LogP) is 2.81. The normalized spacial score (nSPS) is 12.3. The van der Waals surface area contributed by atoms with Crippen LogP contribution in [0.4, 0.5) is 4.79 Å². The number of aliphatic hydroxyl groups excluding tert-OH is 1. The highest BCUT2D eigenvalue weighted by Gasteiger charge is 2.27. The van der Waals surface area contributed by atoms with Gasteiger partial charge in [0.2, 0.25) is 5.91 Å². The smallest absolute Gasteiger partial charge is 0.408 e. The number of alkyl carbamates (subject to hydrolysis) is 1. The largest absolute Gasteiger partial charge is 0.445 e. The Balaban J connectivity index is 1.70. The van der Waals surface area contributed by atoms with Crippen LogP contribution < -0.4 is 10.6 Å². The summed E-state index contributed by atoms with van der Waals surface area (Å²) in [7, 11) is 0. The lowest BCUT2D eigenvalue weighted by Crippen LogP contribution is -2.53. The van der Waals surface area contributed by atoms with Gasteiger partial charge >= 0.3 is 6.09 Å². The molecule has 176 valence electrons. The number of carbonyl (C=O) groups excluding carboxylic acids is 3. The Labute approximate surface area is 198 Å². The van der Waals surface area contributed by atoms with Gasteiger partial charge < -0.3 is 20.5 Å². The second-order valence-electron chi connectivity index (χ2n) is 7.82. The van der Waals surface area contributed by atoms with Gasteiger partial charge in [0.05, 0.1) is 6.04 Å². The fourth-order valence-corrected chi connectivity index (χ4v) is 3.44. The second-order valence-corrected chi connectivity index (χ2v) is 7.82. The predicted molar refractivity (Wildman–Crippen MR) is 128 cm³/mol. The third kappa shape index (κ3) is 7.86. The average molecular weight is 461 g/mol. The molecule has 0 fully saturated rings. The molecule has 7 nitrogen and oxygen atoms in total. The van der Waals surface area contributed by atoms with Gasteiger partial charge in [0, 0.05) is 6.42 Å². The lowest BCUT2D eigenvalue weighted by atomic mass is 10.0. The van der Waals surface area contributed by atoms with Crippen LogP contribution in [0.1, 0.15) is 16.7 Å². The van der Waals surface area contributed by atoms with Gasteiger partial charge in [-0.2, -0.15) is 0 Å². The standard InChI is InChI=1S/C27H28N2O5/c30-18-25(31)23(16-20-10-4-1-5-11-20)28-26(32)24(17-21-12-6-2-7-13-21)29-27(33)34-19-22-14-8-3-9-15-22/h1-15,23-24,30H,16-19H2,(H,28,32)(H,29,33)/t23-,24-/m0/s1. The number of ether oxygens (including phenoxy) is 1. The van der Waals surface area contributed by atoms with E-state index in [9.17, 15) is 19.5 Å². The summed E-state index contributed by atoms with van der Waals surface area (Å²) in [6, 6.07) is 25.7. The van der Waals surface area contributed by atoms with Crippen LogP contribution in [0.25, 0.3) is 0 Å². The molecule has 3 rings (SSSR count). The van der Waals surface area contributed by atoms with E-state index >= 15 is 0 Å². The zero-order valence-corrected chi connectivity index (χ0v) is 18.7. The van der Waals surface area contributed by atoms with Crippen molar-refractivity contribution in [3.8, 4) is 0 Å². The maximum atomic E-state index is 13.2. The molecule has 0 heterocycles. The monoisotopic (exact) mass is 460 g/mol. The van der Waals surface area contributed by atoms with Crippen LogP contribution in [0.2, 0.25) is 0 Å². The molecule has 7 heteroatoms. The summed E-state index contributed by atoms with van der Waals surface area (Å²) in [5.74, 6) is -1.05. The topological polar surface area (TPSA) is 105 Å². The number of amides is 2. The van der Waals surface area contributed by atoms with Crippen LogP contribution in [0.3, 0.4) is 0 Å². The molecule has 0 saturated carbocycles. The van der Waals surface area contributed by atoms with Crippen molar-refractivity contribution in [2.75, 3.05) is 6.61 Å². The number of nitrogens with one attached hydrogen (secondary N) is 2. The van der Waals surface area contributed by atoms with Gasteiger partial charge in [0.15, 0.2) is 5.78 Å². The Morgan fingerprint density at radius 1 is 0.676 bits per heavy atom. The van der Waals surface area contributed by atoms with Crippen LogP contribution in [0.15, 0.2) is 91.0 Å². The molecule has 0 aliphatic rings. The number of hydrogen-bond donors (Lipinski definition) is 3. The number of rotatable bonds is 11. The minimum Gasteiger partial charge on any atom is -0.445 e. The molecule has 0 aliphatic carbocycles. The first-order chi connectivity index (χ1) is 16.5. The first-order valence-electron chi connectivity index (χ1n) is 11.0. The Bertz CT molecular complexity index is 1060. The van der Waals surface area contributed by atoms with Gasteiger partial charge in [-0.05, 0) is 23.1 Å². The van der Waals surface area contributed by atoms with Gasteiger partial charge in [-0.1, -0.05) is 91.0 Å². The molecule has 2 amide bonds. The van der Waals surface area contributed by atoms with E-state index in [1.54, 1.807) is 0 Å². The molecule has 0 aliphatic heterocycles. The number of carbonyl (C=O) groups is 3. The van der Waals surface area contributed by atoms with Gasteiger partial charge in [0.1, 0.15) is 19.3 Å². The Hall–Kier alpha value is -3.97. The van der Waals surface area contributed by atoms with Crippen molar-refractivity contribution in [1.82, 2.24) is 10.6 Å². The molecule has 3 aromatic rings. The molecule has 34 heavy (non-hydrogen) atoms. The fourth-order valence-electron chi connectivity index (χ4n) is 3.44. The lowest BCUT2D eigenvalue weighted by Gasteiger charge is -2.23. The highest BCUT2D eigenvalue weighted by Crippen LogP contribution is 2.08. The van der Waals surface area contributed by atoms with Crippen molar-refractivity contribution in [3.05, 3.63) is 108 Å². The van der Waals surface area contributed by atoms with Crippen molar-refractivity contribution in [2.24, 2.45) is 0 Å². The van der Waals surface area contributed by atoms with E-state index in [0.717, 1.165) is 16.7 Å². The number of benzene rings is 3. The van der Waals surface area contributed by atoms with E-state index < -0.39 is 36.5 Å². The molecule has 0 bridgehead atoms. The summed E-state index contributed by atoms with van der Waals surface area (Å²) in [5.41, 5.74) is 2.49. The summed E-state index contributed by atoms with van der Waals surface area (Å²) in [4.78, 5) is 38.0.